The summed E-state index contributed by atoms with van der Waals surface area (Å²) in [6, 6.07) is 0. The van der Waals surface area contributed by atoms with Gasteiger partial charge in [-0.25, -0.2) is 0 Å². The molecule has 0 saturated heterocycles. The van der Waals surface area contributed by atoms with Crippen LogP contribution in [-0.4, -0.2) is 11.2 Å². The van der Waals surface area contributed by atoms with Crippen molar-refractivity contribution < 1.29 is 5.11 Å². The van der Waals surface area contributed by atoms with E-state index in [0.717, 1.165) is 24.2 Å². The van der Waals surface area contributed by atoms with Crippen molar-refractivity contribution in [3.8, 4) is 0 Å². The van der Waals surface area contributed by atoms with E-state index in [1.165, 1.54) is 38.5 Å². The molecule has 0 bridgehead atoms. The van der Waals surface area contributed by atoms with Crippen LogP contribution in [0.3, 0.4) is 0 Å². The van der Waals surface area contributed by atoms with Crippen molar-refractivity contribution in [2.45, 2.75) is 85.7 Å². The summed E-state index contributed by atoms with van der Waals surface area (Å²) in [5.74, 6) is 2.56. The van der Waals surface area contributed by atoms with Gasteiger partial charge in [-0.2, -0.15) is 0 Å². The van der Waals surface area contributed by atoms with E-state index in [0.29, 0.717) is 16.2 Å². The standard InChI is InChI=1S/C20H34O/c1-13-6-7-15(21)19(5)9-8-14-16-17(2,3)10-11-18(16,4)12-20(13,14)19/h13-16,21H,6-12H2,1-5H3. The zero-order valence-corrected chi connectivity index (χ0v) is 14.7. The molecule has 0 aliphatic heterocycles. The Balaban J connectivity index is 1.86. The highest BCUT2D eigenvalue weighted by Crippen LogP contribution is 2.80. The molecule has 4 fully saturated rings. The Kier molecular flexibility index (Phi) is 2.69. The lowest BCUT2D eigenvalue weighted by atomic mass is 9.50. The second-order valence-electron chi connectivity index (χ2n) is 10.4. The Hall–Kier alpha value is -0.0400. The van der Waals surface area contributed by atoms with E-state index < -0.39 is 0 Å². The zero-order chi connectivity index (χ0) is 15.3. The van der Waals surface area contributed by atoms with Crippen molar-refractivity contribution in [3.05, 3.63) is 0 Å². The number of rotatable bonds is 0. The van der Waals surface area contributed by atoms with E-state index in [-0.39, 0.29) is 11.5 Å². The Labute approximate surface area is 130 Å². The molecule has 0 radical (unpaired) electrons. The largest absolute Gasteiger partial charge is 0.393 e. The van der Waals surface area contributed by atoms with Crippen LogP contribution in [0.25, 0.3) is 0 Å². The lowest BCUT2D eigenvalue weighted by Gasteiger charge is -2.56. The van der Waals surface area contributed by atoms with E-state index in [2.05, 4.69) is 34.6 Å². The van der Waals surface area contributed by atoms with Gasteiger partial charge in [-0.15, -0.1) is 0 Å². The molecule has 1 nitrogen and oxygen atoms in total. The number of fused-ring (bicyclic) bond motifs is 2. The molecule has 4 saturated carbocycles. The highest BCUT2D eigenvalue weighted by Gasteiger charge is 2.74. The zero-order valence-electron chi connectivity index (χ0n) is 14.7. The van der Waals surface area contributed by atoms with E-state index in [4.69, 9.17) is 0 Å². The fourth-order valence-electron chi connectivity index (χ4n) is 8.49. The first-order valence-corrected chi connectivity index (χ1v) is 9.35. The first kappa shape index (κ1) is 14.5. The van der Waals surface area contributed by atoms with E-state index >= 15 is 0 Å². The van der Waals surface area contributed by atoms with Crippen LogP contribution < -0.4 is 0 Å². The van der Waals surface area contributed by atoms with E-state index in [9.17, 15) is 5.11 Å². The second-order valence-corrected chi connectivity index (χ2v) is 10.4. The number of aliphatic hydroxyl groups is 1. The van der Waals surface area contributed by atoms with Gasteiger partial charge in [0.15, 0.2) is 0 Å². The smallest absolute Gasteiger partial charge is 0.0599 e. The number of aliphatic hydroxyl groups excluding tert-OH is 1. The van der Waals surface area contributed by atoms with E-state index in [1.807, 2.05) is 0 Å². The molecule has 0 amide bonds. The minimum absolute atomic E-state index is 0.0516. The van der Waals surface area contributed by atoms with Crippen LogP contribution in [0.4, 0.5) is 0 Å². The van der Waals surface area contributed by atoms with Crippen molar-refractivity contribution in [3.63, 3.8) is 0 Å². The van der Waals surface area contributed by atoms with Gasteiger partial charge in [-0.05, 0) is 84.4 Å². The van der Waals surface area contributed by atoms with Gasteiger partial charge < -0.3 is 5.11 Å². The summed E-state index contributed by atoms with van der Waals surface area (Å²) in [4.78, 5) is 0. The summed E-state index contributed by atoms with van der Waals surface area (Å²) in [6.45, 7) is 12.6. The average molecular weight is 290 g/mol. The first-order valence-electron chi connectivity index (χ1n) is 9.35. The summed E-state index contributed by atoms with van der Waals surface area (Å²) in [6.07, 6.45) is 9.11. The van der Waals surface area contributed by atoms with Crippen LogP contribution in [0.5, 0.6) is 0 Å². The normalized spacial score (nSPS) is 61.4. The van der Waals surface area contributed by atoms with Crippen LogP contribution in [-0.2, 0) is 0 Å². The molecule has 1 N–H and O–H groups in total. The van der Waals surface area contributed by atoms with Gasteiger partial charge in [0.05, 0.1) is 6.10 Å². The molecule has 0 aromatic rings. The maximum atomic E-state index is 10.9. The van der Waals surface area contributed by atoms with Gasteiger partial charge in [-0.3, -0.25) is 0 Å². The van der Waals surface area contributed by atoms with Crippen LogP contribution in [0.2, 0.25) is 0 Å². The lowest BCUT2D eigenvalue weighted by Crippen LogP contribution is -2.53. The predicted molar refractivity (Wildman–Crippen MR) is 86.9 cm³/mol. The van der Waals surface area contributed by atoms with Crippen LogP contribution in [0, 0.1) is 39.4 Å². The third kappa shape index (κ3) is 1.44. The summed E-state index contributed by atoms with van der Waals surface area (Å²) < 4.78 is 0. The van der Waals surface area contributed by atoms with E-state index in [1.54, 1.807) is 0 Å². The maximum absolute atomic E-state index is 10.9. The molecule has 4 rings (SSSR count). The maximum Gasteiger partial charge on any atom is 0.0599 e. The highest BCUT2D eigenvalue weighted by atomic mass is 16.3. The molecule has 1 spiro atoms. The number of hydrogen-bond acceptors (Lipinski definition) is 1. The fraction of sp³-hybridized carbons (Fsp3) is 1.00. The van der Waals surface area contributed by atoms with Crippen molar-refractivity contribution >= 4 is 0 Å². The molecule has 120 valence electrons. The minimum atomic E-state index is -0.0516. The average Bonchev–Trinajstić information content (AvgIpc) is 2.92. The lowest BCUT2D eigenvalue weighted by molar-refractivity contribution is -0.129. The molecule has 21 heavy (non-hydrogen) atoms. The molecule has 0 aromatic heterocycles. The first-order chi connectivity index (χ1) is 9.67. The van der Waals surface area contributed by atoms with Crippen molar-refractivity contribution in [2.24, 2.45) is 39.4 Å². The van der Waals surface area contributed by atoms with Crippen molar-refractivity contribution in [2.75, 3.05) is 0 Å². The van der Waals surface area contributed by atoms with Crippen LogP contribution in [0.1, 0.15) is 79.6 Å². The Morgan fingerprint density at radius 1 is 0.905 bits per heavy atom. The second kappa shape index (κ2) is 3.89. The highest BCUT2D eigenvalue weighted by molar-refractivity contribution is 5.23. The monoisotopic (exact) mass is 290 g/mol. The Bertz CT molecular complexity index is 468. The Morgan fingerprint density at radius 3 is 2.33 bits per heavy atom. The van der Waals surface area contributed by atoms with Crippen LogP contribution >= 0.6 is 0 Å². The fourth-order valence-corrected chi connectivity index (χ4v) is 8.49. The molecule has 0 heterocycles. The molecule has 4 aliphatic carbocycles. The van der Waals surface area contributed by atoms with Gasteiger partial charge in [0.2, 0.25) is 0 Å². The quantitative estimate of drug-likeness (QED) is 0.663. The summed E-state index contributed by atoms with van der Waals surface area (Å²) in [5.41, 5.74) is 1.68. The van der Waals surface area contributed by atoms with Crippen LogP contribution in [0.15, 0.2) is 0 Å². The van der Waals surface area contributed by atoms with Gasteiger partial charge in [0.25, 0.3) is 0 Å². The summed E-state index contributed by atoms with van der Waals surface area (Å²) in [5, 5.41) is 10.9. The topological polar surface area (TPSA) is 20.2 Å². The molecule has 7 unspecified atom stereocenters. The molecular formula is C20H34O. The third-order valence-electron chi connectivity index (χ3n) is 9.22. The minimum Gasteiger partial charge on any atom is -0.393 e. The Morgan fingerprint density at radius 2 is 1.62 bits per heavy atom. The third-order valence-corrected chi connectivity index (χ3v) is 9.22. The molecule has 0 aromatic carbocycles. The molecule has 7 atom stereocenters. The van der Waals surface area contributed by atoms with Gasteiger partial charge in [0, 0.05) is 0 Å². The van der Waals surface area contributed by atoms with Gasteiger partial charge in [0.1, 0.15) is 0 Å². The number of hydrogen-bond donors (Lipinski definition) is 1. The van der Waals surface area contributed by atoms with Crippen molar-refractivity contribution in [1.82, 2.24) is 0 Å². The van der Waals surface area contributed by atoms with Gasteiger partial charge in [-0.1, -0.05) is 34.6 Å². The summed E-state index contributed by atoms with van der Waals surface area (Å²) in [7, 11) is 0. The summed E-state index contributed by atoms with van der Waals surface area (Å²) >= 11 is 0. The molecular weight excluding hydrogens is 256 g/mol. The molecule has 4 aliphatic rings. The van der Waals surface area contributed by atoms with Gasteiger partial charge >= 0.3 is 0 Å². The molecule has 1 heteroatoms. The van der Waals surface area contributed by atoms with Crippen molar-refractivity contribution in [1.29, 1.82) is 0 Å². The SMILES string of the molecule is CC1CCC(O)C2(C)CCC3C4C(C)(C)CCC4(C)CC132. The predicted octanol–water partition coefficient (Wildman–Crippen LogP) is 5.03.